The Labute approximate surface area is 115 Å². The summed E-state index contributed by atoms with van der Waals surface area (Å²) in [5, 5.41) is 4.85. The second kappa shape index (κ2) is 6.53. The zero-order chi connectivity index (χ0) is 13.0. The van der Waals surface area contributed by atoms with Crippen molar-refractivity contribution in [1.82, 2.24) is 10.3 Å². The van der Waals surface area contributed by atoms with Crippen LogP contribution in [0.25, 0.3) is 0 Å². The minimum absolute atomic E-state index is 0.712. The Morgan fingerprint density at radius 3 is 2.78 bits per heavy atom. The molecule has 1 saturated carbocycles. The molecule has 4 heteroatoms. The lowest BCUT2D eigenvalue weighted by Crippen LogP contribution is -2.30. The van der Waals surface area contributed by atoms with Crippen LogP contribution in [-0.2, 0) is 6.54 Å². The van der Waals surface area contributed by atoms with Gasteiger partial charge in [0.2, 0.25) is 0 Å². The van der Waals surface area contributed by atoms with Crippen LogP contribution in [0, 0.1) is 5.92 Å². The molecule has 0 saturated heterocycles. The number of nitrogens with one attached hydrogen (secondary N) is 1. The highest BCUT2D eigenvalue weighted by molar-refractivity contribution is 7.15. The smallest absolute Gasteiger partial charge is 0.185 e. The van der Waals surface area contributed by atoms with Crippen LogP contribution < -0.4 is 10.2 Å². The zero-order valence-corrected chi connectivity index (χ0v) is 12.6. The van der Waals surface area contributed by atoms with Crippen LogP contribution in [0.4, 0.5) is 5.13 Å². The van der Waals surface area contributed by atoms with Gasteiger partial charge < -0.3 is 10.2 Å². The Hall–Kier alpha value is -0.610. The third-order valence-corrected chi connectivity index (χ3v) is 5.03. The van der Waals surface area contributed by atoms with Crippen LogP contribution in [0.5, 0.6) is 0 Å². The third-order valence-electron chi connectivity index (χ3n) is 3.98. The average molecular weight is 267 g/mol. The first-order valence-corrected chi connectivity index (χ1v) is 7.99. The molecule has 1 heterocycles. The number of hydrogen-bond acceptors (Lipinski definition) is 4. The molecule has 2 atom stereocenters. The van der Waals surface area contributed by atoms with Gasteiger partial charge in [0.15, 0.2) is 5.13 Å². The predicted molar refractivity (Wildman–Crippen MR) is 79.3 cm³/mol. The summed E-state index contributed by atoms with van der Waals surface area (Å²) in [5.74, 6) is 0.833. The standard InChI is InChI=1S/C14H25N3S/c1-4-17(5-2)14-16-10-12(18-14)9-15-13-8-6-7-11(13)3/h10-11,13,15H,4-9H2,1-3H3. The minimum Gasteiger partial charge on any atom is -0.349 e. The molecule has 0 amide bonds. The molecule has 1 fully saturated rings. The van der Waals surface area contributed by atoms with Crippen LogP contribution in [0.3, 0.4) is 0 Å². The molecule has 1 N–H and O–H groups in total. The first-order valence-electron chi connectivity index (χ1n) is 7.17. The Bertz CT molecular complexity index is 360. The van der Waals surface area contributed by atoms with Gasteiger partial charge in [-0.3, -0.25) is 0 Å². The third kappa shape index (κ3) is 3.23. The Morgan fingerprint density at radius 1 is 1.39 bits per heavy atom. The van der Waals surface area contributed by atoms with Gasteiger partial charge in [-0.1, -0.05) is 13.3 Å². The van der Waals surface area contributed by atoms with E-state index in [1.54, 1.807) is 0 Å². The molecule has 2 unspecified atom stereocenters. The predicted octanol–water partition coefficient (Wildman–Crippen LogP) is 3.27. The molecule has 1 aromatic heterocycles. The Morgan fingerprint density at radius 2 is 2.17 bits per heavy atom. The van der Waals surface area contributed by atoms with E-state index < -0.39 is 0 Å². The highest BCUT2D eigenvalue weighted by Gasteiger charge is 2.22. The van der Waals surface area contributed by atoms with E-state index in [-0.39, 0.29) is 0 Å². The number of aromatic nitrogens is 1. The van der Waals surface area contributed by atoms with Crippen LogP contribution in [0.1, 0.15) is 44.9 Å². The summed E-state index contributed by atoms with van der Waals surface area (Å²) < 4.78 is 0. The van der Waals surface area contributed by atoms with Crippen molar-refractivity contribution in [2.45, 2.75) is 52.6 Å². The summed E-state index contributed by atoms with van der Waals surface area (Å²) >= 11 is 1.83. The molecule has 0 aliphatic heterocycles. The van der Waals surface area contributed by atoms with E-state index in [1.807, 2.05) is 17.5 Å². The van der Waals surface area contributed by atoms with Crippen LogP contribution in [0.2, 0.25) is 0 Å². The summed E-state index contributed by atoms with van der Waals surface area (Å²) in [7, 11) is 0. The van der Waals surface area contributed by atoms with Crippen molar-refractivity contribution < 1.29 is 0 Å². The van der Waals surface area contributed by atoms with E-state index in [0.29, 0.717) is 6.04 Å². The van der Waals surface area contributed by atoms with Gasteiger partial charge in [-0.15, -0.1) is 11.3 Å². The van der Waals surface area contributed by atoms with Gasteiger partial charge in [0.1, 0.15) is 0 Å². The van der Waals surface area contributed by atoms with Gasteiger partial charge in [-0.25, -0.2) is 4.98 Å². The fourth-order valence-corrected chi connectivity index (χ4v) is 3.69. The normalized spacial score (nSPS) is 23.5. The van der Waals surface area contributed by atoms with Gasteiger partial charge in [0.25, 0.3) is 0 Å². The van der Waals surface area contributed by atoms with E-state index in [0.717, 1.165) is 30.7 Å². The van der Waals surface area contributed by atoms with E-state index in [1.165, 1.54) is 24.1 Å². The van der Waals surface area contributed by atoms with E-state index in [2.05, 4.69) is 36.0 Å². The van der Waals surface area contributed by atoms with Crippen LogP contribution in [0.15, 0.2) is 6.20 Å². The summed E-state index contributed by atoms with van der Waals surface area (Å²) in [5.41, 5.74) is 0. The van der Waals surface area contributed by atoms with Gasteiger partial charge in [-0.05, 0) is 32.6 Å². The lowest BCUT2D eigenvalue weighted by molar-refractivity contribution is 0.427. The molecular weight excluding hydrogens is 242 g/mol. The van der Waals surface area contributed by atoms with Crippen molar-refractivity contribution in [3.05, 3.63) is 11.1 Å². The molecule has 0 radical (unpaired) electrons. The van der Waals surface area contributed by atoms with Crippen LogP contribution in [-0.4, -0.2) is 24.1 Å². The Balaban J connectivity index is 1.86. The van der Waals surface area contributed by atoms with Gasteiger partial charge in [-0.2, -0.15) is 0 Å². The van der Waals surface area contributed by atoms with Gasteiger partial charge in [0.05, 0.1) is 0 Å². The summed E-state index contributed by atoms with van der Waals surface area (Å²) in [4.78, 5) is 8.20. The number of rotatable bonds is 6. The van der Waals surface area contributed by atoms with Crippen molar-refractivity contribution >= 4 is 16.5 Å². The molecular formula is C14H25N3S. The first-order chi connectivity index (χ1) is 8.74. The molecule has 0 spiro atoms. The second-order valence-electron chi connectivity index (χ2n) is 5.18. The van der Waals surface area contributed by atoms with Crippen molar-refractivity contribution in [2.24, 2.45) is 5.92 Å². The van der Waals surface area contributed by atoms with Gasteiger partial charge in [0, 0.05) is 36.8 Å². The maximum absolute atomic E-state index is 4.53. The topological polar surface area (TPSA) is 28.2 Å². The highest BCUT2D eigenvalue weighted by Crippen LogP contribution is 2.26. The van der Waals surface area contributed by atoms with Gasteiger partial charge >= 0.3 is 0 Å². The number of nitrogens with zero attached hydrogens (tertiary/aromatic N) is 2. The van der Waals surface area contributed by atoms with Crippen molar-refractivity contribution in [2.75, 3.05) is 18.0 Å². The molecule has 18 heavy (non-hydrogen) atoms. The van der Waals surface area contributed by atoms with E-state index in [4.69, 9.17) is 0 Å². The van der Waals surface area contributed by atoms with E-state index in [9.17, 15) is 0 Å². The highest BCUT2D eigenvalue weighted by atomic mass is 32.1. The summed E-state index contributed by atoms with van der Waals surface area (Å²) in [6.45, 7) is 9.78. The molecule has 1 aliphatic rings. The lowest BCUT2D eigenvalue weighted by atomic mass is 10.1. The lowest BCUT2D eigenvalue weighted by Gasteiger charge is -2.17. The second-order valence-corrected chi connectivity index (χ2v) is 6.27. The maximum atomic E-state index is 4.53. The Kier molecular flexibility index (Phi) is 5.01. The average Bonchev–Trinajstić information content (AvgIpc) is 2.98. The molecule has 2 rings (SSSR count). The van der Waals surface area contributed by atoms with Crippen molar-refractivity contribution in [3.63, 3.8) is 0 Å². The van der Waals surface area contributed by atoms with Crippen molar-refractivity contribution in [3.8, 4) is 0 Å². The SMILES string of the molecule is CCN(CC)c1ncc(CNC2CCCC2C)s1. The molecule has 3 nitrogen and oxygen atoms in total. The zero-order valence-electron chi connectivity index (χ0n) is 11.8. The van der Waals surface area contributed by atoms with E-state index >= 15 is 0 Å². The molecule has 102 valence electrons. The maximum Gasteiger partial charge on any atom is 0.185 e. The summed E-state index contributed by atoms with van der Waals surface area (Å²) in [6.07, 6.45) is 6.13. The fourth-order valence-electron chi connectivity index (χ4n) is 2.70. The first kappa shape index (κ1) is 13.8. The minimum atomic E-state index is 0.712. The van der Waals surface area contributed by atoms with Crippen LogP contribution >= 0.6 is 11.3 Å². The quantitative estimate of drug-likeness (QED) is 0.857. The van der Waals surface area contributed by atoms with Crippen molar-refractivity contribution in [1.29, 1.82) is 0 Å². The molecule has 0 aromatic carbocycles. The number of thiazole rings is 1. The molecule has 1 aromatic rings. The molecule has 1 aliphatic carbocycles. The monoisotopic (exact) mass is 267 g/mol. The number of anilines is 1. The number of hydrogen-bond donors (Lipinski definition) is 1. The largest absolute Gasteiger partial charge is 0.349 e. The molecule has 0 bridgehead atoms. The fraction of sp³-hybridized carbons (Fsp3) is 0.786. The summed E-state index contributed by atoms with van der Waals surface area (Å²) in [6, 6.07) is 0.712.